The molecule has 0 fully saturated rings. The normalized spacial score (nSPS) is 15.7. The molecule has 3 heterocycles. The van der Waals surface area contributed by atoms with E-state index in [1.54, 1.807) is 46.2 Å². The van der Waals surface area contributed by atoms with E-state index in [9.17, 15) is 25.0 Å². The molecule has 0 unspecified atom stereocenters. The molecule has 1 aliphatic carbocycles. The molecule has 5 aromatic rings. The zero-order chi connectivity index (χ0) is 29.7. The van der Waals surface area contributed by atoms with Gasteiger partial charge in [-0.25, -0.2) is 4.99 Å². The van der Waals surface area contributed by atoms with Crippen LogP contribution in [0.5, 0.6) is 11.5 Å². The number of allylic oxidation sites excluding steroid dienone is 1. The van der Waals surface area contributed by atoms with Gasteiger partial charge < -0.3 is 4.74 Å². The van der Waals surface area contributed by atoms with Crippen LogP contribution in [-0.4, -0.2) is 14.4 Å². The number of thiazole rings is 1. The Bertz CT molecular complexity index is 2160. The number of benzene rings is 3. The van der Waals surface area contributed by atoms with E-state index >= 15 is 0 Å². The number of thiophene rings is 1. The van der Waals surface area contributed by atoms with Crippen molar-refractivity contribution in [3.63, 3.8) is 0 Å². The van der Waals surface area contributed by atoms with Gasteiger partial charge in [-0.15, -0.1) is 11.3 Å². The second-order valence-corrected chi connectivity index (χ2v) is 12.0. The number of non-ortho nitro benzene ring substituents is 1. The summed E-state index contributed by atoms with van der Waals surface area (Å²) >= 11 is 2.93. The Morgan fingerprint density at radius 2 is 1.81 bits per heavy atom. The lowest BCUT2D eigenvalue weighted by molar-refractivity contribution is -0.394. The van der Waals surface area contributed by atoms with Crippen LogP contribution in [0.25, 0.3) is 11.8 Å². The van der Waals surface area contributed by atoms with Gasteiger partial charge in [-0.05, 0) is 65.3 Å². The number of nitro groups is 2. The fourth-order valence-electron chi connectivity index (χ4n) is 5.51. The molecule has 212 valence electrons. The van der Waals surface area contributed by atoms with E-state index in [0.29, 0.717) is 14.9 Å². The summed E-state index contributed by atoms with van der Waals surface area (Å²) < 4.78 is 8.05. The average molecular weight is 609 g/mol. The smallest absolute Gasteiger partial charge is 0.318 e. The maximum absolute atomic E-state index is 13.9. The van der Waals surface area contributed by atoms with E-state index in [2.05, 4.69) is 18.2 Å². The average Bonchev–Trinajstić information content (AvgIpc) is 3.64. The van der Waals surface area contributed by atoms with Crippen molar-refractivity contribution in [1.29, 1.82) is 0 Å². The van der Waals surface area contributed by atoms with Crippen molar-refractivity contribution < 1.29 is 14.6 Å². The van der Waals surface area contributed by atoms with Gasteiger partial charge in [0.25, 0.3) is 11.2 Å². The lowest BCUT2D eigenvalue weighted by Gasteiger charge is -2.30. The zero-order valence-corrected chi connectivity index (χ0v) is 23.8. The Kier molecular flexibility index (Phi) is 6.56. The fraction of sp³-hybridized carbons (Fsp3) is 0.0968. The number of aromatic nitrogens is 1. The third-order valence-electron chi connectivity index (χ3n) is 7.42. The van der Waals surface area contributed by atoms with Crippen molar-refractivity contribution in [3.8, 4) is 11.5 Å². The topological polar surface area (TPSA) is 130 Å². The quantitative estimate of drug-likeness (QED) is 0.172. The Morgan fingerprint density at radius 3 is 2.60 bits per heavy atom. The van der Waals surface area contributed by atoms with Gasteiger partial charge in [-0.1, -0.05) is 53.8 Å². The zero-order valence-electron chi connectivity index (χ0n) is 22.2. The molecule has 1 aliphatic heterocycles. The van der Waals surface area contributed by atoms with Crippen LogP contribution < -0.4 is 19.6 Å². The molecule has 0 N–H and O–H groups in total. The lowest BCUT2D eigenvalue weighted by atomic mass is 9.85. The van der Waals surface area contributed by atoms with Gasteiger partial charge in [0.15, 0.2) is 4.80 Å². The van der Waals surface area contributed by atoms with Gasteiger partial charge >= 0.3 is 5.69 Å². The van der Waals surface area contributed by atoms with Crippen molar-refractivity contribution in [1.82, 2.24) is 4.57 Å². The highest BCUT2D eigenvalue weighted by Gasteiger charge is 2.33. The Balaban J connectivity index is 1.31. The highest BCUT2D eigenvalue weighted by Crippen LogP contribution is 2.42. The number of hydrogen-bond acceptors (Lipinski definition) is 9. The summed E-state index contributed by atoms with van der Waals surface area (Å²) in [6.07, 6.45) is 3.45. The number of nitro benzene ring substituents is 2. The minimum Gasteiger partial charge on any atom is -0.450 e. The van der Waals surface area contributed by atoms with Crippen molar-refractivity contribution in [2.24, 2.45) is 4.99 Å². The van der Waals surface area contributed by atoms with E-state index in [1.807, 2.05) is 23.6 Å². The highest BCUT2D eigenvalue weighted by atomic mass is 32.1. The van der Waals surface area contributed by atoms with Gasteiger partial charge in [-0.2, -0.15) is 0 Å². The number of ether oxygens (including phenoxy) is 1. The molecular formula is C31H20N4O6S2. The molecule has 10 nitrogen and oxygen atoms in total. The summed E-state index contributed by atoms with van der Waals surface area (Å²) in [6, 6.07) is 22.1. The molecule has 1 atom stereocenters. The summed E-state index contributed by atoms with van der Waals surface area (Å²) in [4.78, 5) is 41.9. The molecular weight excluding hydrogens is 588 g/mol. The first-order valence-corrected chi connectivity index (χ1v) is 14.9. The molecule has 0 spiro atoms. The Morgan fingerprint density at radius 1 is 0.953 bits per heavy atom. The van der Waals surface area contributed by atoms with Crippen molar-refractivity contribution >= 4 is 45.8 Å². The molecule has 43 heavy (non-hydrogen) atoms. The largest absolute Gasteiger partial charge is 0.450 e. The highest BCUT2D eigenvalue weighted by molar-refractivity contribution is 7.10. The second kappa shape index (κ2) is 10.6. The predicted octanol–water partition coefficient (Wildman–Crippen LogP) is 5.99. The third-order valence-corrected chi connectivity index (χ3v) is 9.33. The van der Waals surface area contributed by atoms with Crippen LogP contribution in [0, 0.1) is 20.2 Å². The summed E-state index contributed by atoms with van der Waals surface area (Å²) in [5, 5.41) is 24.7. The van der Waals surface area contributed by atoms with Gasteiger partial charge in [0.2, 0.25) is 5.75 Å². The second-order valence-electron chi connectivity index (χ2n) is 9.97. The number of fused-ring (bicyclic) bond motifs is 3. The molecule has 0 bridgehead atoms. The summed E-state index contributed by atoms with van der Waals surface area (Å²) in [5.41, 5.74) is 4.00. The van der Waals surface area contributed by atoms with Gasteiger partial charge in [0, 0.05) is 16.5 Å². The van der Waals surface area contributed by atoms with Gasteiger partial charge in [-0.3, -0.25) is 29.6 Å². The van der Waals surface area contributed by atoms with Crippen LogP contribution in [0.3, 0.4) is 0 Å². The van der Waals surface area contributed by atoms with Crippen molar-refractivity contribution in [3.05, 3.63) is 151 Å². The lowest BCUT2D eigenvalue weighted by Crippen LogP contribution is -2.38. The van der Waals surface area contributed by atoms with E-state index < -0.39 is 21.2 Å². The first-order chi connectivity index (χ1) is 20.9. The molecule has 12 heteroatoms. The molecule has 0 saturated heterocycles. The van der Waals surface area contributed by atoms with E-state index in [-0.39, 0.29) is 23.1 Å². The Hall–Kier alpha value is -5.20. The fourth-order valence-corrected chi connectivity index (χ4v) is 7.36. The standard InChI is InChI=1S/C31H20N4O6S2/c36-30-27(16-18-5-3-7-21(15-18)41-25-13-11-20(34(37)38)17-24(25)35(39)40)43-31-32-28-22-8-2-1-6-19(22)10-12-23(28)29(33(30)31)26-9-4-14-42-26/h1-9,11,13-17,29H,10,12H2/b27-16-/t29-/m0/s1. The minimum absolute atomic E-state index is 0.131. The SMILES string of the molecule is O=c1/c(=C/c2cccc(Oc3ccc([N+](=O)[O-])cc3[N+](=O)[O-])c2)sc2n1[C@H](c1cccs1)C1=C(N=2)c2ccccc2CC1. The van der Waals surface area contributed by atoms with E-state index in [1.165, 1.54) is 23.0 Å². The molecule has 2 aliphatic rings. The summed E-state index contributed by atoms with van der Waals surface area (Å²) in [5.74, 6) is 0.149. The molecule has 0 radical (unpaired) electrons. The van der Waals surface area contributed by atoms with Gasteiger partial charge in [0.05, 0.1) is 32.2 Å². The van der Waals surface area contributed by atoms with Crippen molar-refractivity contribution in [2.75, 3.05) is 0 Å². The monoisotopic (exact) mass is 608 g/mol. The van der Waals surface area contributed by atoms with Crippen LogP contribution >= 0.6 is 22.7 Å². The minimum atomic E-state index is -0.727. The molecule has 0 saturated carbocycles. The van der Waals surface area contributed by atoms with E-state index in [0.717, 1.165) is 46.7 Å². The first kappa shape index (κ1) is 26.7. The maximum Gasteiger partial charge on any atom is 0.318 e. The molecule has 0 amide bonds. The maximum atomic E-state index is 13.9. The molecule has 2 aromatic heterocycles. The Labute approximate surface area is 251 Å². The summed E-state index contributed by atoms with van der Waals surface area (Å²) in [6.45, 7) is 0. The van der Waals surface area contributed by atoms with Crippen LogP contribution in [0.15, 0.2) is 99.6 Å². The van der Waals surface area contributed by atoms with Crippen LogP contribution in [0.2, 0.25) is 0 Å². The molecule has 7 rings (SSSR count). The summed E-state index contributed by atoms with van der Waals surface area (Å²) in [7, 11) is 0. The van der Waals surface area contributed by atoms with E-state index in [4.69, 9.17) is 9.73 Å². The van der Waals surface area contributed by atoms with Crippen molar-refractivity contribution in [2.45, 2.75) is 18.9 Å². The van der Waals surface area contributed by atoms with Crippen LogP contribution in [0.4, 0.5) is 11.4 Å². The number of nitrogens with zero attached hydrogens (tertiary/aromatic N) is 4. The number of hydrogen-bond donors (Lipinski definition) is 0. The first-order valence-electron chi connectivity index (χ1n) is 13.2. The van der Waals surface area contributed by atoms with Crippen LogP contribution in [0.1, 0.15) is 34.0 Å². The molecule has 3 aromatic carbocycles. The third kappa shape index (κ3) is 4.76. The number of rotatable bonds is 6. The van der Waals surface area contributed by atoms with Crippen LogP contribution in [-0.2, 0) is 6.42 Å². The predicted molar refractivity (Wildman–Crippen MR) is 163 cm³/mol. The number of aryl methyl sites for hydroxylation is 1. The van der Waals surface area contributed by atoms with Gasteiger partial charge in [0.1, 0.15) is 5.75 Å².